The summed E-state index contributed by atoms with van der Waals surface area (Å²) in [5.41, 5.74) is 1.35. The number of fused-ring (bicyclic) bond motifs is 1. The number of methoxy groups -OCH3 is 1. The summed E-state index contributed by atoms with van der Waals surface area (Å²) in [4.78, 5) is 25.2. The molecule has 0 radical (unpaired) electrons. The van der Waals surface area contributed by atoms with Gasteiger partial charge in [0.1, 0.15) is 11.3 Å². The van der Waals surface area contributed by atoms with E-state index in [1.807, 2.05) is 0 Å². The average Bonchev–Trinajstić information content (AvgIpc) is 2.81. The van der Waals surface area contributed by atoms with Crippen molar-refractivity contribution in [2.45, 2.75) is 70.4 Å². The van der Waals surface area contributed by atoms with Gasteiger partial charge in [-0.3, -0.25) is 9.59 Å². The fourth-order valence-electron chi connectivity index (χ4n) is 3.83. The fraction of sp³-hybridized carbons (Fsp3) is 0.667. The minimum atomic E-state index is -0.0839. The van der Waals surface area contributed by atoms with E-state index in [4.69, 9.17) is 4.74 Å². The van der Waals surface area contributed by atoms with Crippen molar-refractivity contribution < 1.29 is 9.53 Å². The first-order valence-electron chi connectivity index (χ1n) is 8.82. The lowest BCUT2D eigenvalue weighted by molar-refractivity contribution is 0.0922. The maximum atomic E-state index is 12.9. The first-order valence-corrected chi connectivity index (χ1v) is 8.82. The second-order valence-corrected chi connectivity index (χ2v) is 6.64. The number of aromatic nitrogens is 1. The SMILES string of the molecule is COc1cc(=O)n2c(c1C(=O)NC1CCCCC1)CCCCC2. The lowest BCUT2D eigenvalue weighted by Crippen LogP contribution is -2.38. The van der Waals surface area contributed by atoms with Gasteiger partial charge in [0, 0.05) is 24.3 Å². The van der Waals surface area contributed by atoms with Crippen molar-refractivity contribution in [1.82, 2.24) is 9.88 Å². The molecule has 0 saturated heterocycles. The average molecular weight is 318 g/mol. The zero-order valence-corrected chi connectivity index (χ0v) is 13.9. The number of rotatable bonds is 3. The number of hydrogen-bond donors (Lipinski definition) is 1. The molecule has 0 aromatic carbocycles. The Hall–Kier alpha value is -1.78. The zero-order valence-electron chi connectivity index (χ0n) is 13.9. The Morgan fingerprint density at radius 2 is 1.91 bits per heavy atom. The highest BCUT2D eigenvalue weighted by Gasteiger charge is 2.25. The summed E-state index contributed by atoms with van der Waals surface area (Å²) in [7, 11) is 1.53. The summed E-state index contributed by atoms with van der Waals surface area (Å²) >= 11 is 0. The van der Waals surface area contributed by atoms with Crippen molar-refractivity contribution in [3.63, 3.8) is 0 Å². The maximum absolute atomic E-state index is 12.9. The lowest BCUT2D eigenvalue weighted by Gasteiger charge is -2.24. The van der Waals surface area contributed by atoms with E-state index in [2.05, 4.69) is 5.32 Å². The van der Waals surface area contributed by atoms with Crippen LogP contribution in [0.2, 0.25) is 0 Å². The summed E-state index contributed by atoms with van der Waals surface area (Å²) in [6.07, 6.45) is 9.55. The molecule has 126 valence electrons. The zero-order chi connectivity index (χ0) is 16.2. The van der Waals surface area contributed by atoms with E-state index in [9.17, 15) is 9.59 Å². The third-order valence-electron chi connectivity index (χ3n) is 5.06. The molecular weight excluding hydrogens is 292 g/mol. The number of carbonyl (C=O) groups excluding carboxylic acids is 1. The number of amides is 1. The van der Waals surface area contributed by atoms with Crippen molar-refractivity contribution in [3.05, 3.63) is 27.7 Å². The van der Waals surface area contributed by atoms with Gasteiger partial charge >= 0.3 is 0 Å². The second-order valence-electron chi connectivity index (χ2n) is 6.64. The molecule has 0 unspecified atom stereocenters. The van der Waals surface area contributed by atoms with Crippen LogP contribution in [0, 0.1) is 0 Å². The Morgan fingerprint density at radius 1 is 1.17 bits per heavy atom. The Labute approximate surface area is 137 Å². The van der Waals surface area contributed by atoms with Gasteiger partial charge in [-0.15, -0.1) is 0 Å². The molecule has 1 fully saturated rings. The van der Waals surface area contributed by atoms with Crippen molar-refractivity contribution in [1.29, 1.82) is 0 Å². The highest BCUT2D eigenvalue weighted by Crippen LogP contribution is 2.25. The number of hydrogen-bond acceptors (Lipinski definition) is 3. The number of nitrogens with zero attached hydrogens (tertiary/aromatic N) is 1. The van der Waals surface area contributed by atoms with E-state index in [1.54, 1.807) is 4.57 Å². The summed E-state index contributed by atoms with van der Waals surface area (Å²) in [5, 5.41) is 3.17. The Kier molecular flexibility index (Phi) is 5.03. The monoisotopic (exact) mass is 318 g/mol. The van der Waals surface area contributed by atoms with Gasteiger partial charge in [-0.1, -0.05) is 25.7 Å². The van der Waals surface area contributed by atoms with E-state index in [0.717, 1.165) is 44.2 Å². The van der Waals surface area contributed by atoms with Gasteiger partial charge in [-0.25, -0.2) is 0 Å². The van der Waals surface area contributed by atoms with E-state index < -0.39 is 0 Å². The highest BCUT2D eigenvalue weighted by atomic mass is 16.5. The third-order valence-corrected chi connectivity index (χ3v) is 5.06. The van der Waals surface area contributed by atoms with E-state index in [-0.39, 0.29) is 17.5 Å². The van der Waals surface area contributed by atoms with Gasteiger partial charge in [-0.05, 0) is 32.1 Å². The smallest absolute Gasteiger partial charge is 0.257 e. The highest BCUT2D eigenvalue weighted by molar-refractivity contribution is 5.98. The Balaban J connectivity index is 1.95. The molecule has 1 aliphatic heterocycles. The summed E-state index contributed by atoms with van der Waals surface area (Å²) in [5.74, 6) is 0.329. The number of pyridine rings is 1. The van der Waals surface area contributed by atoms with Gasteiger partial charge in [-0.2, -0.15) is 0 Å². The molecular formula is C18H26N2O3. The van der Waals surface area contributed by atoms with E-state index in [1.165, 1.54) is 32.4 Å². The second kappa shape index (κ2) is 7.20. The molecule has 1 aliphatic carbocycles. The molecule has 3 rings (SSSR count). The lowest BCUT2D eigenvalue weighted by atomic mass is 9.95. The normalized spacial score (nSPS) is 18.8. The van der Waals surface area contributed by atoms with Crippen LogP contribution < -0.4 is 15.6 Å². The molecule has 1 N–H and O–H groups in total. The predicted octanol–water partition coefficient (Wildman–Crippen LogP) is 2.65. The number of carbonyl (C=O) groups is 1. The van der Waals surface area contributed by atoms with Gasteiger partial charge in [0.15, 0.2) is 0 Å². The van der Waals surface area contributed by atoms with Gasteiger partial charge in [0.25, 0.3) is 11.5 Å². The van der Waals surface area contributed by atoms with Crippen molar-refractivity contribution >= 4 is 5.91 Å². The van der Waals surface area contributed by atoms with Crippen LogP contribution in [-0.4, -0.2) is 23.6 Å². The van der Waals surface area contributed by atoms with E-state index >= 15 is 0 Å². The summed E-state index contributed by atoms with van der Waals surface area (Å²) in [6.45, 7) is 0.696. The fourth-order valence-corrected chi connectivity index (χ4v) is 3.83. The molecule has 0 spiro atoms. The van der Waals surface area contributed by atoms with Crippen LogP contribution in [0.1, 0.15) is 67.4 Å². The number of ether oxygens (including phenoxy) is 1. The molecule has 5 heteroatoms. The van der Waals surface area contributed by atoms with Crippen LogP contribution in [0.4, 0.5) is 0 Å². The molecule has 2 heterocycles. The van der Waals surface area contributed by atoms with Crippen LogP contribution >= 0.6 is 0 Å². The predicted molar refractivity (Wildman–Crippen MR) is 89.1 cm³/mol. The van der Waals surface area contributed by atoms with Crippen molar-refractivity contribution in [2.75, 3.05) is 7.11 Å². The first kappa shape index (κ1) is 16.1. The standard InChI is InChI=1S/C18H26N2O3/c1-23-15-12-16(21)20-11-7-3-6-10-14(20)17(15)18(22)19-13-8-4-2-5-9-13/h12-13H,2-11H2,1H3,(H,19,22). The maximum Gasteiger partial charge on any atom is 0.257 e. The number of nitrogens with one attached hydrogen (secondary N) is 1. The van der Waals surface area contributed by atoms with Crippen molar-refractivity contribution in [3.8, 4) is 5.75 Å². The van der Waals surface area contributed by atoms with Gasteiger partial charge < -0.3 is 14.6 Å². The van der Waals surface area contributed by atoms with Crippen LogP contribution in [0.3, 0.4) is 0 Å². The molecule has 0 atom stereocenters. The molecule has 2 aliphatic rings. The minimum Gasteiger partial charge on any atom is -0.496 e. The molecule has 1 aromatic heterocycles. The third kappa shape index (κ3) is 3.43. The van der Waals surface area contributed by atoms with Crippen LogP contribution in [0.15, 0.2) is 10.9 Å². The minimum absolute atomic E-state index is 0.0621. The molecule has 23 heavy (non-hydrogen) atoms. The molecule has 5 nitrogen and oxygen atoms in total. The largest absolute Gasteiger partial charge is 0.496 e. The van der Waals surface area contributed by atoms with Crippen LogP contribution in [0.25, 0.3) is 0 Å². The van der Waals surface area contributed by atoms with Crippen LogP contribution in [-0.2, 0) is 13.0 Å². The van der Waals surface area contributed by atoms with Crippen molar-refractivity contribution in [2.24, 2.45) is 0 Å². The molecule has 1 aromatic rings. The molecule has 0 bridgehead atoms. The quantitative estimate of drug-likeness (QED) is 0.932. The topological polar surface area (TPSA) is 60.3 Å². The van der Waals surface area contributed by atoms with Gasteiger partial charge in [0.2, 0.25) is 0 Å². The molecule has 1 saturated carbocycles. The Bertz CT molecular complexity index is 630. The first-order chi connectivity index (χ1) is 11.2. The Morgan fingerprint density at radius 3 is 2.65 bits per heavy atom. The van der Waals surface area contributed by atoms with Crippen LogP contribution in [0.5, 0.6) is 5.75 Å². The van der Waals surface area contributed by atoms with E-state index in [0.29, 0.717) is 17.9 Å². The summed E-state index contributed by atoms with van der Waals surface area (Å²) in [6, 6.07) is 1.71. The summed E-state index contributed by atoms with van der Waals surface area (Å²) < 4.78 is 7.14. The molecule has 1 amide bonds. The van der Waals surface area contributed by atoms with Gasteiger partial charge in [0.05, 0.1) is 7.11 Å².